The fourth-order valence-electron chi connectivity index (χ4n) is 5.11. The first-order valence-corrected chi connectivity index (χ1v) is 15.2. The van der Waals surface area contributed by atoms with Crippen molar-refractivity contribution in [1.82, 2.24) is 0 Å². The number of aliphatic hydroxyl groups is 1. The predicted octanol–water partition coefficient (Wildman–Crippen LogP) is 8.96. The summed E-state index contributed by atoms with van der Waals surface area (Å²) >= 11 is 0. The molecule has 2 heterocycles. The molecule has 1 aliphatic carbocycles. The zero-order valence-electron chi connectivity index (χ0n) is 28.3. The Bertz CT molecular complexity index is 1910. The van der Waals surface area contributed by atoms with Crippen molar-refractivity contribution in [2.45, 2.75) is 47.0 Å². The third-order valence-electron chi connectivity index (χ3n) is 7.86. The van der Waals surface area contributed by atoms with E-state index in [1.807, 2.05) is 78.0 Å². The number of benzene rings is 2. The number of aromatic hydroxyl groups is 1. The second-order valence-electron chi connectivity index (χ2n) is 13.5. The number of carbonyl (C=O) groups is 1. The number of allylic oxidation sites excluding steroid dienone is 7. The van der Waals surface area contributed by atoms with Gasteiger partial charge in [0, 0.05) is 23.1 Å². The van der Waals surface area contributed by atoms with E-state index in [2.05, 4.69) is 0 Å². The summed E-state index contributed by atoms with van der Waals surface area (Å²) in [5.41, 5.74) is 2.50. The lowest BCUT2D eigenvalue weighted by Gasteiger charge is -2.28. The minimum atomic E-state index is -0.354. The quantitative estimate of drug-likeness (QED) is 0.195. The van der Waals surface area contributed by atoms with Crippen LogP contribution in [0, 0.1) is 5.41 Å². The Morgan fingerprint density at radius 3 is 2.00 bits per heavy atom. The second-order valence-corrected chi connectivity index (χ2v) is 13.5. The summed E-state index contributed by atoms with van der Waals surface area (Å²) in [5, 5.41) is 21.5. The molecule has 2 aliphatic rings. The smallest absolute Gasteiger partial charge is 0.360 e. The molecule has 0 amide bonds. The number of phenolic OH excluding ortho intramolecular Hbond substituents is 1. The van der Waals surface area contributed by atoms with E-state index < -0.39 is 0 Å². The number of Topliss-reactive ketones (excluding diaryl/α,β-unsaturated/α-hetero) is 1. The van der Waals surface area contributed by atoms with Crippen molar-refractivity contribution in [3.8, 4) is 34.3 Å². The Morgan fingerprint density at radius 2 is 1.40 bits per heavy atom. The van der Waals surface area contributed by atoms with E-state index >= 15 is 0 Å². The van der Waals surface area contributed by atoms with Gasteiger partial charge in [-0.3, -0.25) is 4.79 Å². The summed E-state index contributed by atoms with van der Waals surface area (Å²) in [6.07, 6.45) is 7.04. The van der Waals surface area contributed by atoms with Gasteiger partial charge in [0.15, 0.2) is 23.0 Å². The van der Waals surface area contributed by atoms with Gasteiger partial charge in [-0.25, -0.2) is 4.42 Å². The molecule has 0 saturated heterocycles. The van der Waals surface area contributed by atoms with Gasteiger partial charge in [-0.05, 0) is 86.5 Å². The van der Waals surface area contributed by atoms with Crippen LogP contribution in [0.2, 0.25) is 0 Å². The van der Waals surface area contributed by atoms with E-state index in [9.17, 15) is 15.0 Å². The molecule has 0 unspecified atom stereocenters. The number of hydrogen-bond donors (Lipinski definition) is 2. The Kier molecular flexibility index (Phi) is 8.82. The van der Waals surface area contributed by atoms with Crippen LogP contribution in [0.25, 0.3) is 23.2 Å². The van der Waals surface area contributed by atoms with Crippen LogP contribution in [-0.2, 0) is 14.9 Å². The molecule has 8 heteroatoms. The van der Waals surface area contributed by atoms with Gasteiger partial charge < -0.3 is 29.2 Å². The van der Waals surface area contributed by atoms with Crippen molar-refractivity contribution in [3.63, 3.8) is 0 Å². The van der Waals surface area contributed by atoms with Gasteiger partial charge in [-0.15, -0.1) is 0 Å². The van der Waals surface area contributed by atoms with Gasteiger partial charge in [-0.2, -0.15) is 0 Å². The average Bonchev–Trinajstić information content (AvgIpc) is 3.04. The summed E-state index contributed by atoms with van der Waals surface area (Å²) in [4.78, 5) is 13.5. The minimum Gasteiger partial charge on any atom is -0.506 e. The topological polar surface area (TPSA) is 106 Å². The van der Waals surface area contributed by atoms with Crippen LogP contribution in [0.4, 0.5) is 0 Å². The van der Waals surface area contributed by atoms with Gasteiger partial charge in [0.05, 0.1) is 49.5 Å². The van der Waals surface area contributed by atoms with E-state index in [0.29, 0.717) is 57.0 Å². The van der Waals surface area contributed by atoms with Crippen molar-refractivity contribution in [1.29, 1.82) is 0 Å². The van der Waals surface area contributed by atoms with E-state index in [0.717, 1.165) is 5.56 Å². The highest BCUT2D eigenvalue weighted by Crippen LogP contribution is 2.41. The predicted molar refractivity (Wildman–Crippen MR) is 182 cm³/mol. The van der Waals surface area contributed by atoms with Gasteiger partial charge in [0.1, 0.15) is 17.3 Å². The number of ketones is 1. The zero-order valence-corrected chi connectivity index (χ0v) is 28.3. The van der Waals surface area contributed by atoms with Crippen LogP contribution in [0.1, 0.15) is 58.4 Å². The molecule has 0 fully saturated rings. The maximum absolute atomic E-state index is 13.5. The van der Waals surface area contributed by atoms with Crippen LogP contribution < -0.4 is 14.2 Å². The van der Waals surface area contributed by atoms with Gasteiger partial charge in [0.2, 0.25) is 5.78 Å². The van der Waals surface area contributed by atoms with Crippen LogP contribution in [0.3, 0.4) is 0 Å². The second kappa shape index (κ2) is 12.5. The largest absolute Gasteiger partial charge is 0.506 e. The van der Waals surface area contributed by atoms with Crippen molar-refractivity contribution in [2.24, 2.45) is 5.41 Å². The molecule has 2 N–H and O–H groups in total. The molecule has 8 nitrogen and oxygen atoms in total. The highest BCUT2D eigenvalue weighted by Gasteiger charge is 2.35. The Balaban J connectivity index is 1.55. The minimum absolute atomic E-state index is 0.0196. The molecule has 47 heavy (non-hydrogen) atoms. The highest BCUT2D eigenvalue weighted by atomic mass is 16.5. The molecule has 0 atom stereocenters. The van der Waals surface area contributed by atoms with Crippen LogP contribution in [0.15, 0.2) is 99.4 Å². The van der Waals surface area contributed by atoms with Crippen molar-refractivity contribution in [2.75, 3.05) is 21.3 Å². The molecule has 244 valence electrons. The molecular weight excluding hydrogens is 596 g/mol. The summed E-state index contributed by atoms with van der Waals surface area (Å²) in [6, 6.07) is 14.2. The molecule has 0 bridgehead atoms. The van der Waals surface area contributed by atoms with Gasteiger partial charge in [-0.1, -0.05) is 20.8 Å². The lowest BCUT2D eigenvalue weighted by atomic mass is 9.84. The summed E-state index contributed by atoms with van der Waals surface area (Å²) in [7, 11) is 4.64. The molecule has 0 saturated carbocycles. The molecule has 1 aliphatic heterocycles. The first-order valence-electron chi connectivity index (χ1n) is 15.2. The third-order valence-corrected chi connectivity index (χ3v) is 7.86. The van der Waals surface area contributed by atoms with E-state index in [1.54, 1.807) is 50.6 Å². The monoisotopic (exact) mass is 637 g/mol. The zero-order chi connectivity index (χ0) is 34.3. The Hall–Kier alpha value is -5.24. The first-order chi connectivity index (χ1) is 22.1. The maximum Gasteiger partial charge on any atom is 0.360 e. The molecule has 2 aromatic carbocycles. The number of carbonyl (C=O) groups excluding carboxylic acids is 1. The molecular formula is C39H41O8+. The SMILES string of the molecule is COc1ccc(-c2cc(C=C3C(=O)C(C=C4C=C(c5ccc(OC)c(OC)c5)OC(C(C)(C)C)=C4)=C3O)cc(C(C)(C)C)[o+]2)cc1O. The first kappa shape index (κ1) is 33.1. The van der Waals surface area contributed by atoms with Crippen molar-refractivity contribution < 1.29 is 38.4 Å². The van der Waals surface area contributed by atoms with Crippen molar-refractivity contribution in [3.05, 3.63) is 112 Å². The van der Waals surface area contributed by atoms with Crippen LogP contribution >= 0.6 is 0 Å². The fraction of sp³-hybridized carbons (Fsp3) is 0.282. The lowest BCUT2D eigenvalue weighted by molar-refractivity contribution is -0.113. The number of rotatable bonds is 7. The van der Waals surface area contributed by atoms with Crippen LogP contribution in [0.5, 0.6) is 23.0 Å². The average molecular weight is 638 g/mol. The van der Waals surface area contributed by atoms with E-state index in [1.165, 1.54) is 7.11 Å². The molecule has 0 spiro atoms. The standard InChI is InChI=1S/C39H40O8/c1-38(2,3)34-18-22(16-31(46-34)24-10-12-29(43-7)28(40)20-24)14-26-36(41)27(37(26)42)15-23-17-32(47-35(19-23)39(4,5)6)25-11-13-30(44-8)33(21-25)45-9/h10-21H,1-9H3,(H-,40,41,42)/p+1. The number of ether oxygens (including phenoxy) is 4. The summed E-state index contributed by atoms with van der Waals surface area (Å²) in [6.45, 7) is 12.2. The fourth-order valence-corrected chi connectivity index (χ4v) is 5.11. The Morgan fingerprint density at radius 1 is 0.745 bits per heavy atom. The number of aliphatic hydroxyl groups excluding tert-OH is 1. The number of phenols is 1. The normalized spacial score (nSPS) is 16.8. The van der Waals surface area contributed by atoms with E-state index in [4.69, 9.17) is 23.4 Å². The van der Waals surface area contributed by atoms with Gasteiger partial charge in [0.25, 0.3) is 0 Å². The van der Waals surface area contributed by atoms with Crippen LogP contribution in [-0.4, -0.2) is 37.3 Å². The summed E-state index contributed by atoms with van der Waals surface area (Å²) < 4.78 is 28.6. The van der Waals surface area contributed by atoms with Crippen molar-refractivity contribution >= 4 is 17.6 Å². The number of hydrogen-bond acceptors (Lipinski definition) is 7. The Labute approximate surface area is 275 Å². The lowest BCUT2D eigenvalue weighted by Crippen LogP contribution is -2.21. The highest BCUT2D eigenvalue weighted by molar-refractivity contribution is 6.23. The number of methoxy groups -OCH3 is 3. The third kappa shape index (κ3) is 6.82. The molecule has 5 rings (SSSR count). The van der Waals surface area contributed by atoms with Gasteiger partial charge >= 0.3 is 11.5 Å². The summed E-state index contributed by atoms with van der Waals surface area (Å²) in [5.74, 6) is 3.56. The molecule has 0 radical (unpaired) electrons. The molecule has 1 aromatic heterocycles. The van der Waals surface area contributed by atoms with E-state index in [-0.39, 0.29) is 39.3 Å². The molecule has 3 aromatic rings. The maximum atomic E-state index is 13.5.